The molecule has 3 heteroatoms. The number of carbonyl (C=O) groups is 1. The van der Waals surface area contributed by atoms with Crippen LogP contribution in [0, 0.1) is 6.92 Å². The highest BCUT2D eigenvalue weighted by Crippen LogP contribution is 2.28. The number of carbonyl (C=O) groups excluding carboxylic acids is 1. The van der Waals surface area contributed by atoms with Gasteiger partial charge < -0.3 is 10.6 Å². The lowest BCUT2D eigenvalue weighted by atomic mass is 10.1. The van der Waals surface area contributed by atoms with Crippen molar-refractivity contribution in [3.8, 4) is 0 Å². The van der Waals surface area contributed by atoms with Gasteiger partial charge in [-0.25, -0.2) is 0 Å². The molecule has 2 rings (SSSR count). The molecule has 0 aromatic heterocycles. The number of aryl methyl sites for hydroxylation is 1. The summed E-state index contributed by atoms with van der Waals surface area (Å²) in [7, 11) is 0. The summed E-state index contributed by atoms with van der Waals surface area (Å²) in [5.41, 5.74) is 8.25. The minimum Gasteiger partial charge on any atom is -0.399 e. The predicted molar refractivity (Wildman–Crippen MR) is 74.5 cm³/mol. The van der Waals surface area contributed by atoms with Crippen LogP contribution < -0.4 is 5.73 Å². The lowest BCUT2D eigenvalue weighted by Gasteiger charge is -2.28. The van der Waals surface area contributed by atoms with E-state index in [1.165, 1.54) is 0 Å². The van der Waals surface area contributed by atoms with Gasteiger partial charge in [0.15, 0.2) is 0 Å². The minimum atomic E-state index is 0.127. The fourth-order valence-electron chi connectivity index (χ4n) is 2.92. The van der Waals surface area contributed by atoms with E-state index in [4.69, 9.17) is 5.73 Å². The minimum absolute atomic E-state index is 0.127. The van der Waals surface area contributed by atoms with Crippen LogP contribution in [0.1, 0.15) is 49.0 Å². The molecular weight excluding hydrogens is 224 g/mol. The molecule has 2 N–H and O–H groups in total. The number of hydrogen-bond acceptors (Lipinski definition) is 2. The summed E-state index contributed by atoms with van der Waals surface area (Å²) in [6.07, 6.45) is 3.24. The van der Waals surface area contributed by atoms with Gasteiger partial charge in [-0.15, -0.1) is 0 Å². The monoisotopic (exact) mass is 246 g/mol. The molecule has 0 spiro atoms. The molecule has 98 valence electrons. The Labute approximate surface area is 109 Å². The Balaban J connectivity index is 2.29. The topological polar surface area (TPSA) is 46.3 Å². The molecule has 0 radical (unpaired) electrons. The molecule has 0 bridgehead atoms. The molecule has 1 amide bonds. The SMILES string of the molecule is CCC1CCC(C)N1C(=O)c1cc(C)cc(N)c1. The van der Waals surface area contributed by atoms with Crippen LogP contribution in [0.3, 0.4) is 0 Å². The fourth-order valence-corrected chi connectivity index (χ4v) is 2.92. The van der Waals surface area contributed by atoms with Crippen molar-refractivity contribution >= 4 is 11.6 Å². The molecule has 1 aromatic rings. The Morgan fingerprint density at radius 1 is 1.39 bits per heavy atom. The second-order valence-corrected chi connectivity index (χ2v) is 5.33. The van der Waals surface area contributed by atoms with E-state index in [1.807, 2.05) is 24.0 Å². The van der Waals surface area contributed by atoms with E-state index in [0.717, 1.165) is 30.4 Å². The maximum absolute atomic E-state index is 12.6. The predicted octanol–water partition coefficient (Wildman–Crippen LogP) is 2.98. The van der Waals surface area contributed by atoms with Gasteiger partial charge in [0, 0.05) is 23.3 Å². The van der Waals surface area contributed by atoms with Crippen molar-refractivity contribution in [3.05, 3.63) is 29.3 Å². The first-order valence-corrected chi connectivity index (χ1v) is 6.72. The number of nitrogens with two attached hydrogens (primary N) is 1. The average molecular weight is 246 g/mol. The molecule has 1 aliphatic rings. The summed E-state index contributed by atoms with van der Waals surface area (Å²) >= 11 is 0. The zero-order chi connectivity index (χ0) is 13.3. The largest absolute Gasteiger partial charge is 0.399 e. The van der Waals surface area contributed by atoms with Crippen LogP contribution in [0.2, 0.25) is 0 Å². The van der Waals surface area contributed by atoms with Crippen LogP contribution >= 0.6 is 0 Å². The summed E-state index contributed by atoms with van der Waals surface area (Å²) in [6, 6.07) is 6.32. The van der Waals surface area contributed by atoms with E-state index in [9.17, 15) is 4.79 Å². The van der Waals surface area contributed by atoms with Gasteiger partial charge in [-0.3, -0.25) is 4.79 Å². The number of anilines is 1. The first-order chi connectivity index (χ1) is 8.52. The van der Waals surface area contributed by atoms with E-state index in [2.05, 4.69) is 13.8 Å². The molecule has 1 saturated heterocycles. The van der Waals surface area contributed by atoms with E-state index in [0.29, 0.717) is 17.8 Å². The van der Waals surface area contributed by atoms with Crippen LogP contribution in [-0.4, -0.2) is 22.9 Å². The number of amides is 1. The molecule has 2 unspecified atom stereocenters. The van der Waals surface area contributed by atoms with Gasteiger partial charge in [-0.2, -0.15) is 0 Å². The molecule has 0 aliphatic carbocycles. The van der Waals surface area contributed by atoms with Crippen molar-refractivity contribution < 1.29 is 4.79 Å². The smallest absolute Gasteiger partial charge is 0.254 e. The first kappa shape index (κ1) is 12.9. The van der Waals surface area contributed by atoms with Crippen LogP contribution in [0.4, 0.5) is 5.69 Å². The second-order valence-electron chi connectivity index (χ2n) is 5.33. The summed E-state index contributed by atoms with van der Waals surface area (Å²) in [4.78, 5) is 14.6. The fraction of sp³-hybridized carbons (Fsp3) is 0.533. The summed E-state index contributed by atoms with van der Waals surface area (Å²) < 4.78 is 0. The Morgan fingerprint density at radius 2 is 2.11 bits per heavy atom. The molecular formula is C15H22N2O. The molecule has 2 atom stereocenters. The molecule has 18 heavy (non-hydrogen) atoms. The summed E-state index contributed by atoms with van der Waals surface area (Å²) in [5.74, 6) is 0.127. The van der Waals surface area contributed by atoms with Crippen LogP contribution in [-0.2, 0) is 0 Å². The zero-order valence-electron chi connectivity index (χ0n) is 11.4. The number of nitrogen functional groups attached to an aromatic ring is 1. The Kier molecular flexibility index (Phi) is 3.60. The van der Waals surface area contributed by atoms with Crippen molar-refractivity contribution in [2.24, 2.45) is 0 Å². The normalized spacial score (nSPS) is 23.4. The highest BCUT2D eigenvalue weighted by Gasteiger charge is 2.33. The number of likely N-dealkylation sites (tertiary alicyclic amines) is 1. The maximum atomic E-state index is 12.6. The maximum Gasteiger partial charge on any atom is 0.254 e. The molecule has 1 aromatic carbocycles. The molecule has 3 nitrogen and oxygen atoms in total. The van der Waals surface area contributed by atoms with Crippen molar-refractivity contribution in [2.45, 2.75) is 52.1 Å². The van der Waals surface area contributed by atoms with Gasteiger partial charge in [0.25, 0.3) is 5.91 Å². The van der Waals surface area contributed by atoms with Gasteiger partial charge in [0.2, 0.25) is 0 Å². The Bertz CT molecular complexity index is 436. The van der Waals surface area contributed by atoms with Crippen molar-refractivity contribution in [1.82, 2.24) is 4.90 Å². The third kappa shape index (κ3) is 2.35. The van der Waals surface area contributed by atoms with Gasteiger partial charge in [-0.1, -0.05) is 6.92 Å². The highest BCUT2D eigenvalue weighted by atomic mass is 16.2. The second kappa shape index (κ2) is 5.01. The summed E-state index contributed by atoms with van der Waals surface area (Å²) in [5, 5.41) is 0. The number of hydrogen-bond donors (Lipinski definition) is 1. The van der Waals surface area contributed by atoms with E-state index in [-0.39, 0.29) is 5.91 Å². The van der Waals surface area contributed by atoms with Gasteiger partial charge in [-0.05, 0) is 56.9 Å². The lowest BCUT2D eigenvalue weighted by Crippen LogP contribution is -2.39. The average Bonchev–Trinajstić information content (AvgIpc) is 2.68. The quantitative estimate of drug-likeness (QED) is 0.815. The highest BCUT2D eigenvalue weighted by molar-refractivity contribution is 5.95. The van der Waals surface area contributed by atoms with Crippen LogP contribution in [0.15, 0.2) is 18.2 Å². The Hall–Kier alpha value is -1.51. The molecule has 0 saturated carbocycles. The van der Waals surface area contributed by atoms with Gasteiger partial charge in [0.05, 0.1) is 0 Å². The first-order valence-electron chi connectivity index (χ1n) is 6.72. The van der Waals surface area contributed by atoms with Gasteiger partial charge >= 0.3 is 0 Å². The standard InChI is InChI=1S/C15H22N2O/c1-4-14-6-5-11(3)17(14)15(18)12-7-10(2)8-13(16)9-12/h7-9,11,14H,4-6,16H2,1-3H3. The van der Waals surface area contributed by atoms with E-state index in [1.54, 1.807) is 6.07 Å². The summed E-state index contributed by atoms with van der Waals surface area (Å²) in [6.45, 7) is 6.25. The third-order valence-corrected chi connectivity index (χ3v) is 3.84. The van der Waals surface area contributed by atoms with Crippen molar-refractivity contribution in [1.29, 1.82) is 0 Å². The number of benzene rings is 1. The number of nitrogens with zero attached hydrogens (tertiary/aromatic N) is 1. The molecule has 1 heterocycles. The van der Waals surface area contributed by atoms with Gasteiger partial charge in [0.1, 0.15) is 0 Å². The molecule has 1 fully saturated rings. The van der Waals surface area contributed by atoms with Crippen LogP contribution in [0.25, 0.3) is 0 Å². The van der Waals surface area contributed by atoms with Crippen molar-refractivity contribution in [3.63, 3.8) is 0 Å². The number of rotatable bonds is 2. The third-order valence-electron chi connectivity index (χ3n) is 3.84. The zero-order valence-corrected chi connectivity index (χ0v) is 11.4. The molecule has 1 aliphatic heterocycles. The van der Waals surface area contributed by atoms with E-state index < -0.39 is 0 Å². The van der Waals surface area contributed by atoms with Crippen LogP contribution in [0.5, 0.6) is 0 Å². The van der Waals surface area contributed by atoms with E-state index >= 15 is 0 Å². The van der Waals surface area contributed by atoms with Crippen molar-refractivity contribution in [2.75, 3.05) is 5.73 Å². The Morgan fingerprint density at radius 3 is 2.72 bits per heavy atom. The lowest BCUT2D eigenvalue weighted by molar-refractivity contribution is 0.0676.